The molecule has 0 bridgehead atoms. The fourth-order valence-electron chi connectivity index (χ4n) is 4.22. The Kier molecular flexibility index (Phi) is 6.26. The number of hydrogen-bond acceptors (Lipinski definition) is 4. The molecule has 1 aliphatic heterocycles. The van der Waals surface area contributed by atoms with Gasteiger partial charge in [0, 0.05) is 35.5 Å². The molecule has 28 heavy (non-hydrogen) atoms. The smallest absolute Gasteiger partial charge is 0.225 e. The van der Waals surface area contributed by atoms with Crippen LogP contribution < -0.4 is 4.90 Å². The molecule has 0 N–H and O–H groups in total. The molecular weight excluding hydrogens is 421 g/mol. The zero-order valence-electron chi connectivity index (χ0n) is 16.3. The summed E-state index contributed by atoms with van der Waals surface area (Å²) < 4.78 is 20.4. The maximum atomic E-state index is 13.9. The SMILES string of the molecule is CCc1cnc(N2CCC(C3CC3COCc3ccc(Br)cc3F)CC2)nc1. The molecule has 2 unspecified atom stereocenters. The van der Waals surface area contributed by atoms with E-state index in [-0.39, 0.29) is 5.82 Å². The van der Waals surface area contributed by atoms with Crippen molar-refractivity contribution in [1.29, 1.82) is 0 Å². The first-order valence-corrected chi connectivity index (χ1v) is 11.0. The van der Waals surface area contributed by atoms with Crippen LogP contribution in [0.4, 0.5) is 10.3 Å². The summed E-state index contributed by atoms with van der Waals surface area (Å²) in [7, 11) is 0. The van der Waals surface area contributed by atoms with Gasteiger partial charge in [-0.2, -0.15) is 0 Å². The van der Waals surface area contributed by atoms with Gasteiger partial charge in [-0.05, 0) is 61.1 Å². The minimum Gasteiger partial charge on any atom is -0.376 e. The Balaban J connectivity index is 1.19. The van der Waals surface area contributed by atoms with Crippen LogP contribution in [0, 0.1) is 23.6 Å². The molecule has 4 nitrogen and oxygen atoms in total. The van der Waals surface area contributed by atoms with E-state index in [2.05, 4.69) is 37.7 Å². The van der Waals surface area contributed by atoms with Crippen LogP contribution in [0.3, 0.4) is 0 Å². The Morgan fingerprint density at radius 2 is 1.96 bits per heavy atom. The number of aryl methyl sites for hydroxylation is 1. The van der Waals surface area contributed by atoms with Gasteiger partial charge in [0.1, 0.15) is 5.82 Å². The van der Waals surface area contributed by atoms with Crippen LogP contribution in [0.5, 0.6) is 0 Å². The minimum absolute atomic E-state index is 0.205. The lowest BCUT2D eigenvalue weighted by molar-refractivity contribution is 0.102. The van der Waals surface area contributed by atoms with Gasteiger partial charge in [-0.3, -0.25) is 0 Å². The molecule has 2 fully saturated rings. The van der Waals surface area contributed by atoms with Gasteiger partial charge in [0.05, 0.1) is 13.2 Å². The quantitative estimate of drug-likeness (QED) is 0.597. The Hall–Kier alpha value is -1.53. The molecule has 4 rings (SSSR count). The van der Waals surface area contributed by atoms with E-state index in [1.807, 2.05) is 18.5 Å². The molecule has 150 valence electrons. The average Bonchev–Trinajstić information content (AvgIpc) is 3.49. The number of halogens is 2. The lowest BCUT2D eigenvalue weighted by atomic mass is 9.91. The number of nitrogens with zero attached hydrogens (tertiary/aromatic N) is 3. The van der Waals surface area contributed by atoms with Crippen molar-refractivity contribution in [1.82, 2.24) is 9.97 Å². The summed E-state index contributed by atoms with van der Waals surface area (Å²) in [4.78, 5) is 11.3. The van der Waals surface area contributed by atoms with Gasteiger partial charge in [-0.25, -0.2) is 14.4 Å². The topological polar surface area (TPSA) is 38.2 Å². The number of ether oxygens (including phenoxy) is 1. The lowest BCUT2D eigenvalue weighted by Crippen LogP contribution is -2.35. The molecule has 6 heteroatoms. The summed E-state index contributed by atoms with van der Waals surface area (Å²) in [5, 5.41) is 0. The van der Waals surface area contributed by atoms with Crippen LogP contribution in [-0.4, -0.2) is 29.7 Å². The van der Waals surface area contributed by atoms with Crippen LogP contribution in [0.2, 0.25) is 0 Å². The highest BCUT2D eigenvalue weighted by molar-refractivity contribution is 9.10. The predicted molar refractivity (Wildman–Crippen MR) is 112 cm³/mol. The molecule has 0 radical (unpaired) electrons. The highest BCUT2D eigenvalue weighted by atomic mass is 79.9. The molecule has 1 aromatic heterocycles. The average molecular weight is 448 g/mol. The number of anilines is 1. The number of rotatable bonds is 7. The van der Waals surface area contributed by atoms with Gasteiger partial charge in [0.25, 0.3) is 0 Å². The number of hydrogen-bond donors (Lipinski definition) is 0. The van der Waals surface area contributed by atoms with E-state index in [0.717, 1.165) is 48.4 Å². The molecule has 2 heterocycles. The van der Waals surface area contributed by atoms with Crippen LogP contribution in [0.15, 0.2) is 35.1 Å². The minimum atomic E-state index is -0.205. The van der Waals surface area contributed by atoms with Crippen LogP contribution in [0.25, 0.3) is 0 Å². The molecule has 1 saturated carbocycles. The summed E-state index contributed by atoms with van der Waals surface area (Å²) in [5.74, 6) is 2.82. The third-order valence-electron chi connectivity index (χ3n) is 6.11. The summed E-state index contributed by atoms with van der Waals surface area (Å²) >= 11 is 3.28. The standard InChI is InChI=1S/C22H27BrFN3O/c1-2-15-11-25-22(26-12-15)27-7-5-16(6-8-27)20-9-18(20)14-28-13-17-3-4-19(23)10-21(17)24/h3-4,10-12,16,18,20H,2,5-9,13-14H2,1H3. The van der Waals surface area contributed by atoms with Gasteiger partial charge in [-0.15, -0.1) is 0 Å². The molecule has 0 spiro atoms. The maximum Gasteiger partial charge on any atom is 0.225 e. The Morgan fingerprint density at radius 3 is 2.64 bits per heavy atom. The molecule has 0 amide bonds. The molecule has 1 saturated heterocycles. The largest absolute Gasteiger partial charge is 0.376 e. The van der Waals surface area contributed by atoms with E-state index in [1.165, 1.54) is 30.9 Å². The second-order valence-corrected chi connectivity index (χ2v) is 8.90. The summed E-state index contributed by atoms with van der Waals surface area (Å²) in [6, 6.07) is 5.13. The van der Waals surface area contributed by atoms with E-state index in [9.17, 15) is 4.39 Å². The van der Waals surface area contributed by atoms with Crippen molar-refractivity contribution >= 4 is 21.9 Å². The van der Waals surface area contributed by atoms with E-state index in [0.29, 0.717) is 18.1 Å². The molecule has 2 atom stereocenters. The first-order chi connectivity index (χ1) is 13.6. The van der Waals surface area contributed by atoms with Crippen molar-refractivity contribution < 1.29 is 9.13 Å². The monoisotopic (exact) mass is 447 g/mol. The number of piperidine rings is 1. The Bertz CT molecular complexity index is 793. The molecule has 1 aromatic carbocycles. The summed E-state index contributed by atoms with van der Waals surface area (Å²) in [5.41, 5.74) is 1.81. The zero-order valence-corrected chi connectivity index (χ0v) is 17.9. The maximum absolute atomic E-state index is 13.9. The molecule has 2 aliphatic rings. The first-order valence-electron chi connectivity index (χ1n) is 10.2. The third kappa shape index (κ3) is 4.71. The van der Waals surface area contributed by atoms with Gasteiger partial charge >= 0.3 is 0 Å². The van der Waals surface area contributed by atoms with E-state index >= 15 is 0 Å². The highest BCUT2D eigenvalue weighted by Gasteiger charge is 2.43. The van der Waals surface area contributed by atoms with Crippen molar-refractivity contribution in [3.63, 3.8) is 0 Å². The van der Waals surface area contributed by atoms with Crippen molar-refractivity contribution in [3.8, 4) is 0 Å². The second kappa shape index (κ2) is 8.87. The summed E-state index contributed by atoms with van der Waals surface area (Å²) in [6.07, 6.45) is 8.49. The van der Waals surface area contributed by atoms with Crippen molar-refractivity contribution in [2.24, 2.45) is 17.8 Å². The highest BCUT2D eigenvalue weighted by Crippen LogP contribution is 2.48. The predicted octanol–water partition coefficient (Wildman–Crippen LogP) is 5.01. The number of aromatic nitrogens is 2. The first kappa shape index (κ1) is 19.8. The van der Waals surface area contributed by atoms with Gasteiger partial charge in [-0.1, -0.05) is 28.9 Å². The van der Waals surface area contributed by atoms with Crippen LogP contribution >= 0.6 is 15.9 Å². The van der Waals surface area contributed by atoms with Gasteiger partial charge in [0.2, 0.25) is 5.95 Å². The zero-order chi connectivity index (χ0) is 19.5. The van der Waals surface area contributed by atoms with Crippen LogP contribution in [0.1, 0.15) is 37.3 Å². The number of benzene rings is 1. The lowest BCUT2D eigenvalue weighted by Gasteiger charge is -2.32. The van der Waals surface area contributed by atoms with E-state index in [1.54, 1.807) is 6.07 Å². The fourth-order valence-corrected chi connectivity index (χ4v) is 4.55. The third-order valence-corrected chi connectivity index (χ3v) is 6.60. The fraction of sp³-hybridized carbons (Fsp3) is 0.545. The molecule has 1 aliphatic carbocycles. The van der Waals surface area contributed by atoms with E-state index in [4.69, 9.17) is 4.74 Å². The van der Waals surface area contributed by atoms with Crippen molar-refractivity contribution in [2.75, 3.05) is 24.6 Å². The van der Waals surface area contributed by atoms with Crippen molar-refractivity contribution in [3.05, 3.63) is 52.0 Å². The van der Waals surface area contributed by atoms with E-state index < -0.39 is 0 Å². The van der Waals surface area contributed by atoms with Gasteiger partial charge in [0.15, 0.2) is 0 Å². The Labute approximate surface area is 174 Å². The molecular formula is C22H27BrFN3O. The van der Waals surface area contributed by atoms with Crippen LogP contribution in [-0.2, 0) is 17.8 Å². The van der Waals surface area contributed by atoms with Gasteiger partial charge < -0.3 is 9.64 Å². The summed E-state index contributed by atoms with van der Waals surface area (Å²) in [6.45, 7) is 5.28. The normalized spacial score (nSPS) is 22.5. The molecule has 2 aromatic rings. The second-order valence-electron chi connectivity index (χ2n) is 7.98. The Morgan fingerprint density at radius 1 is 1.21 bits per heavy atom. The van der Waals surface area contributed by atoms with Crippen molar-refractivity contribution in [2.45, 2.75) is 39.2 Å².